The minimum Gasteiger partial charge on any atom is -0.369 e. The molecule has 0 radical (unpaired) electrons. The van der Waals surface area contributed by atoms with E-state index in [0.29, 0.717) is 42.0 Å². The smallest absolute Gasteiger partial charge is 0.369 e. The summed E-state index contributed by atoms with van der Waals surface area (Å²) in [4.78, 5) is 17.2. The molecule has 30 heavy (non-hydrogen) atoms. The Balaban J connectivity index is 1.60. The molecule has 0 unspecified atom stereocenters. The monoisotopic (exact) mass is 443 g/mol. The van der Waals surface area contributed by atoms with Crippen LogP contribution in [-0.2, 0) is 10.5 Å². The highest BCUT2D eigenvalue weighted by Crippen LogP contribution is 2.28. The van der Waals surface area contributed by atoms with Crippen molar-refractivity contribution in [2.75, 3.05) is 6.61 Å². The number of alkyl halides is 3. The largest absolute Gasteiger partial charge is 0.411 e. The Kier molecular flexibility index (Phi) is 7.41. The van der Waals surface area contributed by atoms with Gasteiger partial charge in [-0.15, -0.1) is 11.8 Å². The van der Waals surface area contributed by atoms with Crippen molar-refractivity contribution in [2.24, 2.45) is 0 Å². The van der Waals surface area contributed by atoms with Crippen molar-refractivity contribution in [2.45, 2.75) is 68.6 Å². The molecular formula is C20H24F3N3O3S. The summed E-state index contributed by atoms with van der Waals surface area (Å²) >= 11 is 1.41. The third kappa shape index (κ3) is 6.21. The Bertz CT molecular complexity index is 853. The first-order valence-electron chi connectivity index (χ1n) is 9.71. The highest BCUT2D eigenvalue weighted by molar-refractivity contribution is 7.98. The van der Waals surface area contributed by atoms with Gasteiger partial charge >= 0.3 is 6.18 Å². The summed E-state index contributed by atoms with van der Waals surface area (Å²) in [5.41, 5.74) is 2.20. The summed E-state index contributed by atoms with van der Waals surface area (Å²) in [6.45, 7) is 2.44. The zero-order chi connectivity index (χ0) is 21.7. The normalized spacial score (nSPS) is 19.6. The van der Waals surface area contributed by atoms with Crippen LogP contribution >= 0.6 is 11.8 Å². The van der Waals surface area contributed by atoms with Gasteiger partial charge in [0.05, 0.1) is 17.4 Å². The van der Waals surface area contributed by atoms with E-state index in [1.165, 1.54) is 11.8 Å². The molecule has 2 heterocycles. The molecule has 10 heteroatoms. The molecule has 6 nitrogen and oxygen atoms in total. The molecule has 1 aliphatic rings. The number of carbonyl (C=O) groups excluding carboxylic acids is 1. The van der Waals surface area contributed by atoms with Crippen LogP contribution in [0.5, 0.6) is 0 Å². The van der Waals surface area contributed by atoms with Crippen molar-refractivity contribution >= 4 is 17.7 Å². The van der Waals surface area contributed by atoms with Crippen LogP contribution < -0.4 is 5.32 Å². The van der Waals surface area contributed by atoms with Gasteiger partial charge < -0.3 is 14.6 Å². The number of nitrogens with one attached hydrogen (secondary N) is 1. The molecule has 0 aromatic carbocycles. The van der Waals surface area contributed by atoms with E-state index in [2.05, 4.69) is 15.5 Å². The molecule has 1 saturated carbocycles. The molecule has 0 saturated heterocycles. The molecule has 0 spiro atoms. The summed E-state index contributed by atoms with van der Waals surface area (Å²) in [6.07, 6.45) is -0.897. The predicted molar refractivity (Wildman–Crippen MR) is 105 cm³/mol. The summed E-state index contributed by atoms with van der Waals surface area (Å²) in [5, 5.41) is 7.44. The molecule has 1 fully saturated rings. The van der Waals surface area contributed by atoms with Crippen LogP contribution in [0.15, 0.2) is 27.9 Å². The summed E-state index contributed by atoms with van der Waals surface area (Å²) < 4.78 is 47.3. The van der Waals surface area contributed by atoms with E-state index >= 15 is 0 Å². The fourth-order valence-corrected chi connectivity index (χ4v) is 4.57. The number of hydrogen-bond acceptors (Lipinski definition) is 6. The molecule has 2 aromatic heterocycles. The molecule has 164 valence electrons. The Morgan fingerprint density at radius 2 is 2.17 bits per heavy atom. The van der Waals surface area contributed by atoms with Crippen molar-refractivity contribution in [3.8, 4) is 0 Å². The number of ether oxygens (including phenoxy) is 1. The van der Waals surface area contributed by atoms with Gasteiger partial charge in [0, 0.05) is 23.6 Å². The Labute approximate surface area is 176 Å². The topological polar surface area (TPSA) is 77.2 Å². The van der Waals surface area contributed by atoms with Gasteiger partial charge in [0.2, 0.25) is 0 Å². The average Bonchev–Trinajstić information content (AvgIpc) is 3.02. The molecular weight excluding hydrogens is 419 g/mol. The standard InChI is InChI=1S/C20H24F3N3O3S/c1-12-17(13(2)29-26-12)10-30-19-16(7-4-8-24-19)18(27)25-14-5-3-6-15(9-14)28-11-20(21,22)23/h4,7-8,14-15H,3,5-6,9-11H2,1-2H3,(H,25,27)/t14-,15-/m0/s1. The summed E-state index contributed by atoms with van der Waals surface area (Å²) in [6, 6.07) is 3.15. The number of nitrogens with zero attached hydrogens (tertiary/aromatic N) is 2. The van der Waals surface area contributed by atoms with E-state index in [0.717, 1.165) is 17.0 Å². The fourth-order valence-electron chi connectivity index (χ4n) is 3.43. The lowest BCUT2D eigenvalue weighted by Gasteiger charge is -2.30. The van der Waals surface area contributed by atoms with E-state index in [-0.39, 0.29) is 11.9 Å². The predicted octanol–water partition coefficient (Wildman–Crippen LogP) is 4.60. The number of pyridine rings is 1. The number of thioether (sulfide) groups is 1. The maximum atomic E-state index is 12.8. The second-order valence-electron chi connectivity index (χ2n) is 7.33. The highest BCUT2D eigenvalue weighted by atomic mass is 32.2. The van der Waals surface area contributed by atoms with E-state index in [4.69, 9.17) is 9.26 Å². The van der Waals surface area contributed by atoms with Gasteiger partial charge in [-0.3, -0.25) is 4.79 Å². The number of halogens is 3. The lowest BCUT2D eigenvalue weighted by molar-refractivity contribution is -0.188. The first-order chi connectivity index (χ1) is 14.2. The van der Waals surface area contributed by atoms with Crippen molar-refractivity contribution in [3.05, 3.63) is 40.9 Å². The van der Waals surface area contributed by atoms with Crippen molar-refractivity contribution in [1.82, 2.24) is 15.5 Å². The van der Waals surface area contributed by atoms with E-state index in [1.807, 2.05) is 13.8 Å². The number of hydrogen-bond donors (Lipinski definition) is 1. The number of aryl methyl sites for hydroxylation is 2. The number of aromatic nitrogens is 2. The van der Waals surface area contributed by atoms with Gasteiger partial charge in [-0.25, -0.2) is 4.98 Å². The van der Waals surface area contributed by atoms with Crippen LogP contribution in [0.1, 0.15) is 53.1 Å². The number of carbonyl (C=O) groups is 1. The van der Waals surface area contributed by atoms with Gasteiger partial charge in [-0.2, -0.15) is 13.2 Å². The van der Waals surface area contributed by atoms with Gasteiger partial charge in [0.25, 0.3) is 5.91 Å². The quantitative estimate of drug-likeness (QED) is 0.631. The lowest BCUT2D eigenvalue weighted by atomic mass is 9.92. The maximum absolute atomic E-state index is 12.8. The second kappa shape index (κ2) is 9.82. The number of amides is 1. The first-order valence-corrected chi connectivity index (χ1v) is 10.7. The van der Waals surface area contributed by atoms with Crippen LogP contribution in [0.25, 0.3) is 0 Å². The molecule has 0 bridgehead atoms. The van der Waals surface area contributed by atoms with Gasteiger partial charge in [-0.05, 0) is 51.7 Å². The van der Waals surface area contributed by atoms with Gasteiger partial charge in [0.15, 0.2) is 0 Å². The lowest BCUT2D eigenvalue weighted by Crippen LogP contribution is -2.41. The van der Waals surface area contributed by atoms with Crippen molar-refractivity contribution in [1.29, 1.82) is 0 Å². The minimum atomic E-state index is -4.35. The fraction of sp³-hybridized carbons (Fsp3) is 0.550. The third-order valence-electron chi connectivity index (χ3n) is 4.99. The first kappa shape index (κ1) is 22.6. The van der Waals surface area contributed by atoms with Crippen LogP contribution in [0.2, 0.25) is 0 Å². The van der Waals surface area contributed by atoms with E-state index in [9.17, 15) is 18.0 Å². The Morgan fingerprint density at radius 1 is 1.37 bits per heavy atom. The molecule has 1 N–H and O–H groups in total. The molecule has 1 amide bonds. The maximum Gasteiger partial charge on any atom is 0.411 e. The van der Waals surface area contributed by atoms with Crippen LogP contribution in [-0.4, -0.2) is 41.0 Å². The molecule has 0 aliphatic heterocycles. The summed E-state index contributed by atoms with van der Waals surface area (Å²) in [7, 11) is 0. The highest BCUT2D eigenvalue weighted by Gasteiger charge is 2.31. The zero-order valence-electron chi connectivity index (χ0n) is 16.8. The van der Waals surface area contributed by atoms with Crippen molar-refractivity contribution < 1.29 is 27.2 Å². The summed E-state index contributed by atoms with van der Waals surface area (Å²) in [5.74, 6) is 1.01. The van der Waals surface area contributed by atoms with Crippen molar-refractivity contribution in [3.63, 3.8) is 0 Å². The molecule has 2 atom stereocenters. The van der Waals surface area contributed by atoms with Crippen LogP contribution in [0.3, 0.4) is 0 Å². The minimum absolute atomic E-state index is 0.231. The Morgan fingerprint density at radius 3 is 2.87 bits per heavy atom. The Hall–Kier alpha value is -2.07. The van der Waals surface area contributed by atoms with Gasteiger partial charge in [-0.1, -0.05) is 5.16 Å². The average molecular weight is 443 g/mol. The number of rotatable bonds is 7. The molecule has 3 rings (SSSR count). The van der Waals surface area contributed by atoms with Crippen LogP contribution in [0.4, 0.5) is 13.2 Å². The van der Waals surface area contributed by atoms with Gasteiger partial charge in [0.1, 0.15) is 17.4 Å². The second-order valence-corrected chi connectivity index (χ2v) is 8.30. The third-order valence-corrected chi connectivity index (χ3v) is 6.03. The zero-order valence-corrected chi connectivity index (χ0v) is 17.6. The molecule has 1 aliphatic carbocycles. The molecule has 2 aromatic rings. The van der Waals surface area contributed by atoms with Crippen LogP contribution in [0, 0.1) is 13.8 Å². The van der Waals surface area contributed by atoms with E-state index < -0.39 is 18.9 Å². The SMILES string of the molecule is Cc1noc(C)c1CSc1ncccc1C(=O)N[C@H]1CCC[C@H](OCC(F)(F)F)C1. The van der Waals surface area contributed by atoms with E-state index in [1.54, 1.807) is 18.3 Å².